The number of hydrogen-bond acceptors (Lipinski definition) is 2. The number of halogens is 1. The van der Waals surface area contributed by atoms with Crippen LogP contribution in [0.15, 0.2) is 6.07 Å². The van der Waals surface area contributed by atoms with E-state index in [0.717, 1.165) is 17.5 Å². The minimum atomic E-state index is -0.879. The SMILES string of the molecule is CCCOc1c(C)cc(Cl)c(C)c1CC(=O)O. The molecule has 0 saturated heterocycles. The van der Waals surface area contributed by atoms with Crippen molar-refractivity contribution in [1.82, 2.24) is 0 Å². The lowest BCUT2D eigenvalue weighted by Gasteiger charge is -2.16. The van der Waals surface area contributed by atoms with Gasteiger partial charge in [-0.25, -0.2) is 0 Å². The molecule has 0 radical (unpaired) electrons. The number of ether oxygens (including phenoxy) is 1. The molecule has 0 atom stereocenters. The van der Waals surface area contributed by atoms with Crippen molar-refractivity contribution in [2.75, 3.05) is 6.61 Å². The summed E-state index contributed by atoms with van der Waals surface area (Å²) >= 11 is 6.06. The van der Waals surface area contributed by atoms with E-state index in [1.165, 1.54) is 0 Å². The Morgan fingerprint density at radius 2 is 2.12 bits per heavy atom. The standard InChI is InChI=1S/C13H17ClO3/c1-4-5-17-13-8(2)6-11(14)9(3)10(13)7-12(15)16/h6H,4-5,7H2,1-3H3,(H,15,16). The summed E-state index contributed by atoms with van der Waals surface area (Å²) in [5.41, 5.74) is 2.34. The van der Waals surface area contributed by atoms with Crippen LogP contribution in [0.4, 0.5) is 0 Å². The number of hydrogen-bond donors (Lipinski definition) is 1. The lowest BCUT2D eigenvalue weighted by molar-refractivity contribution is -0.136. The first-order chi connectivity index (χ1) is 7.97. The highest BCUT2D eigenvalue weighted by Crippen LogP contribution is 2.32. The maximum Gasteiger partial charge on any atom is 0.307 e. The first kappa shape index (κ1) is 13.8. The van der Waals surface area contributed by atoms with Gasteiger partial charge in [0.2, 0.25) is 0 Å². The Kier molecular flexibility index (Phi) is 4.82. The normalized spacial score (nSPS) is 10.4. The second-order valence-corrected chi connectivity index (χ2v) is 4.43. The fourth-order valence-electron chi connectivity index (χ4n) is 1.69. The number of carboxylic acid groups (broad SMARTS) is 1. The van der Waals surface area contributed by atoms with Crippen molar-refractivity contribution in [3.63, 3.8) is 0 Å². The minimum Gasteiger partial charge on any atom is -0.493 e. The molecule has 0 spiro atoms. The number of aryl methyl sites for hydroxylation is 1. The van der Waals surface area contributed by atoms with Crippen LogP contribution in [0.25, 0.3) is 0 Å². The van der Waals surface area contributed by atoms with Crippen LogP contribution in [0.3, 0.4) is 0 Å². The van der Waals surface area contributed by atoms with Crippen LogP contribution in [0.5, 0.6) is 5.75 Å². The van der Waals surface area contributed by atoms with Crippen molar-refractivity contribution in [3.8, 4) is 5.75 Å². The Morgan fingerprint density at radius 3 is 2.65 bits per heavy atom. The molecule has 0 heterocycles. The summed E-state index contributed by atoms with van der Waals surface area (Å²) < 4.78 is 5.63. The molecule has 0 bridgehead atoms. The zero-order valence-electron chi connectivity index (χ0n) is 10.3. The van der Waals surface area contributed by atoms with Crippen LogP contribution in [-0.2, 0) is 11.2 Å². The van der Waals surface area contributed by atoms with E-state index in [0.29, 0.717) is 22.9 Å². The molecule has 0 aliphatic heterocycles. The maximum absolute atomic E-state index is 10.9. The van der Waals surface area contributed by atoms with Crippen molar-refractivity contribution >= 4 is 17.6 Å². The smallest absolute Gasteiger partial charge is 0.307 e. The van der Waals surface area contributed by atoms with Gasteiger partial charge >= 0.3 is 5.97 Å². The van der Waals surface area contributed by atoms with Crippen LogP contribution >= 0.6 is 11.6 Å². The number of benzene rings is 1. The molecule has 0 amide bonds. The van der Waals surface area contributed by atoms with E-state index < -0.39 is 5.97 Å². The topological polar surface area (TPSA) is 46.5 Å². The summed E-state index contributed by atoms with van der Waals surface area (Å²) in [4.78, 5) is 10.9. The van der Waals surface area contributed by atoms with Gasteiger partial charge in [-0.3, -0.25) is 4.79 Å². The molecule has 17 heavy (non-hydrogen) atoms. The quantitative estimate of drug-likeness (QED) is 0.879. The minimum absolute atomic E-state index is 0.0632. The third-order valence-corrected chi connectivity index (χ3v) is 2.96. The Bertz CT molecular complexity index is 427. The highest BCUT2D eigenvalue weighted by molar-refractivity contribution is 6.31. The molecular formula is C13H17ClO3. The summed E-state index contributed by atoms with van der Waals surface area (Å²) in [6.07, 6.45) is 0.819. The fraction of sp³-hybridized carbons (Fsp3) is 0.462. The van der Waals surface area contributed by atoms with Crippen LogP contribution in [-0.4, -0.2) is 17.7 Å². The van der Waals surface area contributed by atoms with E-state index in [9.17, 15) is 4.79 Å². The van der Waals surface area contributed by atoms with Crippen molar-refractivity contribution in [3.05, 3.63) is 27.8 Å². The summed E-state index contributed by atoms with van der Waals surface area (Å²) in [6.45, 7) is 6.28. The highest BCUT2D eigenvalue weighted by atomic mass is 35.5. The van der Waals surface area contributed by atoms with Crippen LogP contribution in [0.2, 0.25) is 5.02 Å². The number of carboxylic acids is 1. The summed E-state index contributed by atoms with van der Waals surface area (Å²) in [6, 6.07) is 1.81. The molecule has 1 aromatic rings. The number of carbonyl (C=O) groups is 1. The second kappa shape index (κ2) is 5.92. The van der Waals surface area contributed by atoms with E-state index >= 15 is 0 Å². The van der Waals surface area contributed by atoms with Gasteiger partial charge in [0.15, 0.2) is 0 Å². The molecule has 3 nitrogen and oxygen atoms in total. The van der Waals surface area contributed by atoms with Gasteiger partial charge < -0.3 is 9.84 Å². The van der Waals surface area contributed by atoms with E-state index in [1.54, 1.807) is 0 Å². The van der Waals surface area contributed by atoms with Gasteiger partial charge in [0.1, 0.15) is 5.75 Å². The monoisotopic (exact) mass is 256 g/mol. The highest BCUT2D eigenvalue weighted by Gasteiger charge is 2.16. The maximum atomic E-state index is 10.9. The second-order valence-electron chi connectivity index (χ2n) is 4.03. The van der Waals surface area contributed by atoms with Crippen LogP contribution in [0, 0.1) is 13.8 Å². The molecule has 0 aliphatic rings. The Morgan fingerprint density at radius 1 is 1.47 bits per heavy atom. The predicted molar refractivity (Wildman–Crippen MR) is 68.1 cm³/mol. The molecule has 0 unspecified atom stereocenters. The summed E-state index contributed by atoms with van der Waals surface area (Å²) in [5, 5.41) is 9.51. The van der Waals surface area contributed by atoms with E-state index in [-0.39, 0.29) is 6.42 Å². The predicted octanol–water partition coefficient (Wildman–Crippen LogP) is 3.37. The van der Waals surface area contributed by atoms with Gasteiger partial charge in [-0.15, -0.1) is 0 Å². The van der Waals surface area contributed by atoms with Gasteiger partial charge in [0, 0.05) is 10.6 Å². The fourth-order valence-corrected chi connectivity index (χ4v) is 1.96. The molecule has 0 aliphatic carbocycles. The van der Waals surface area contributed by atoms with Crippen molar-refractivity contribution in [2.45, 2.75) is 33.6 Å². The van der Waals surface area contributed by atoms with Gasteiger partial charge in [0.05, 0.1) is 13.0 Å². The Hall–Kier alpha value is -1.22. The average molecular weight is 257 g/mol. The number of rotatable bonds is 5. The van der Waals surface area contributed by atoms with Crippen molar-refractivity contribution in [1.29, 1.82) is 0 Å². The van der Waals surface area contributed by atoms with Gasteiger partial charge in [-0.1, -0.05) is 18.5 Å². The van der Waals surface area contributed by atoms with Crippen molar-refractivity contribution < 1.29 is 14.6 Å². The van der Waals surface area contributed by atoms with Gasteiger partial charge in [-0.05, 0) is 37.5 Å². The average Bonchev–Trinajstić information content (AvgIpc) is 2.24. The van der Waals surface area contributed by atoms with Crippen LogP contribution < -0.4 is 4.74 Å². The number of aliphatic carboxylic acids is 1. The first-order valence-electron chi connectivity index (χ1n) is 5.60. The van der Waals surface area contributed by atoms with Crippen LogP contribution in [0.1, 0.15) is 30.0 Å². The zero-order chi connectivity index (χ0) is 13.0. The molecule has 0 saturated carbocycles. The molecule has 1 N–H and O–H groups in total. The van der Waals surface area contributed by atoms with E-state index in [1.807, 2.05) is 26.8 Å². The first-order valence-corrected chi connectivity index (χ1v) is 5.98. The molecular weight excluding hydrogens is 240 g/mol. The Balaban J connectivity index is 3.23. The lowest BCUT2D eigenvalue weighted by Crippen LogP contribution is -2.08. The third-order valence-electron chi connectivity index (χ3n) is 2.56. The van der Waals surface area contributed by atoms with Gasteiger partial charge in [-0.2, -0.15) is 0 Å². The molecule has 1 rings (SSSR count). The Labute approximate surface area is 106 Å². The molecule has 0 fully saturated rings. The largest absolute Gasteiger partial charge is 0.493 e. The van der Waals surface area contributed by atoms with Crippen molar-refractivity contribution in [2.24, 2.45) is 0 Å². The third kappa shape index (κ3) is 3.37. The molecule has 0 aromatic heterocycles. The van der Waals surface area contributed by atoms with Gasteiger partial charge in [0.25, 0.3) is 0 Å². The molecule has 4 heteroatoms. The summed E-state index contributed by atoms with van der Waals surface area (Å²) in [7, 11) is 0. The molecule has 94 valence electrons. The molecule has 1 aromatic carbocycles. The zero-order valence-corrected chi connectivity index (χ0v) is 11.1. The summed E-state index contributed by atoms with van der Waals surface area (Å²) in [5.74, 6) is -0.215. The van der Waals surface area contributed by atoms with E-state index in [2.05, 4.69) is 0 Å². The van der Waals surface area contributed by atoms with E-state index in [4.69, 9.17) is 21.4 Å². The lowest BCUT2D eigenvalue weighted by atomic mass is 10.0.